The number of thioether (sulfide) groups is 1. The Labute approximate surface area is 210 Å². The molecular weight excluding hydrogens is 488 g/mol. The van der Waals surface area contributed by atoms with Gasteiger partial charge in [-0.05, 0) is 55.5 Å². The van der Waals surface area contributed by atoms with E-state index >= 15 is 0 Å². The van der Waals surface area contributed by atoms with Crippen LogP contribution in [0.3, 0.4) is 0 Å². The van der Waals surface area contributed by atoms with E-state index in [0.717, 1.165) is 22.6 Å². The van der Waals surface area contributed by atoms with Gasteiger partial charge in [0.1, 0.15) is 16.8 Å². The number of halogens is 1. The molecule has 34 heavy (non-hydrogen) atoms. The standard InChI is InChI=1S/C25H19ClN4O2S2/c1-15(23(31)30-25-29-22(14-33-25)17-3-8-19(26)9-4-17)34-24-18(13-27)7-12-21(28-24)16-5-10-20(32-2)11-6-16/h3-12,14-15H,1-2H3,(H,29,30,31). The van der Waals surface area contributed by atoms with Crippen LogP contribution < -0.4 is 10.1 Å². The zero-order chi connectivity index (χ0) is 24.1. The Morgan fingerprint density at radius 2 is 1.74 bits per heavy atom. The average molecular weight is 507 g/mol. The van der Waals surface area contributed by atoms with Crippen LogP contribution in [-0.4, -0.2) is 28.2 Å². The fourth-order valence-electron chi connectivity index (χ4n) is 3.05. The molecule has 4 rings (SSSR count). The number of nitriles is 1. The summed E-state index contributed by atoms with van der Waals surface area (Å²) >= 11 is 8.53. The quantitative estimate of drug-likeness (QED) is 0.287. The maximum Gasteiger partial charge on any atom is 0.239 e. The molecule has 1 amide bonds. The summed E-state index contributed by atoms with van der Waals surface area (Å²) in [7, 11) is 1.61. The molecule has 2 aromatic carbocycles. The Morgan fingerprint density at radius 1 is 1.06 bits per heavy atom. The first-order valence-electron chi connectivity index (χ1n) is 10.2. The van der Waals surface area contributed by atoms with E-state index in [1.807, 2.05) is 41.8 Å². The third-order valence-corrected chi connectivity index (χ3v) is 7.01. The molecule has 1 N–H and O–H groups in total. The number of nitrogens with one attached hydrogen (secondary N) is 1. The predicted octanol–water partition coefficient (Wildman–Crippen LogP) is 6.53. The minimum Gasteiger partial charge on any atom is -0.497 e. The number of ether oxygens (including phenoxy) is 1. The summed E-state index contributed by atoms with van der Waals surface area (Å²) in [4.78, 5) is 22.0. The number of thiazole rings is 1. The zero-order valence-corrected chi connectivity index (χ0v) is 20.7. The van der Waals surface area contributed by atoms with Gasteiger partial charge in [0.2, 0.25) is 5.91 Å². The molecule has 0 aliphatic rings. The van der Waals surface area contributed by atoms with E-state index in [1.165, 1.54) is 23.1 Å². The Kier molecular flexibility index (Phi) is 7.48. The minimum absolute atomic E-state index is 0.220. The smallest absolute Gasteiger partial charge is 0.239 e. The zero-order valence-electron chi connectivity index (χ0n) is 18.3. The summed E-state index contributed by atoms with van der Waals surface area (Å²) in [5.41, 5.74) is 3.70. The van der Waals surface area contributed by atoms with Crippen LogP contribution in [-0.2, 0) is 4.79 Å². The summed E-state index contributed by atoms with van der Waals surface area (Å²) in [6, 6.07) is 20.5. The van der Waals surface area contributed by atoms with E-state index in [4.69, 9.17) is 16.3 Å². The van der Waals surface area contributed by atoms with Gasteiger partial charge in [0.05, 0.1) is 29.3 Å². The highest BCUT2D eigenvalue weighted by Crippen LogP contribution is 2.31. The van der Waals surface area contributed by atoms with Gasteiger partial charge in [0.15, 0.2) is 5.13 Å². The van der Waals surface area contributed by atoms with Crippen LogP contribution in [0.25, 0.3) is 22.5 Å². The Balaban J connectivity index is 1.47. The number of pyridine rings is 1. The van der Waals surface area contributed by atoms with Gasteiger partial charge in [0.25, 0.3) is 0 Å². The third kappa shape index (κ3) is 5.57. The lowest BCUT2D eigenvalue weighted by molar-refractivity contribution is -0.115. The van der Waals surface area contributed by atoms with E-state index in [2.05, 4.69) is 21.4 Å². The van der Waals surface area contributed by atoms with Gasteiger partial charge in [-0.15, -0.1) is 11.3 Å². The van der Waals surface area contributed by atoms with Crippen molar-refractivity contribution in [1.29, 1.82) is 5.26 Å². The average Bonchev–Trinajstić information content (AvgIpc) is 3.32. The van der Waals surface area contributed by atoms with Gasteiger partial charge < -0.3 is 10.1 Å². The van der Waals surface area contributed by atoms with Crippen LogP contribution in [0.5, 0.6) is 5.75 Å². The summed E-state index contributed by atoms with van der Waals surface area (Å²) in [6.45, 7) is 1.77. The van der Waals surface area contributed by atoms with Crippen LogP contribution in [0, 0.1) is 11.3 Å². The number of nitrogens with zero attached hydrogens (tertiary/aromatic N) is 3. The van der Waals surface area contributed by atoms with E-state index in [1.54, 1.807) is 38.3 Å². The van der Waals surface area contributed by atoms with Gasteiger partial charge in [-0.1, -0.05) is 35.5 Å². The first kappa shape index (κ1) is 23.8. The second-order valence-electron chi connectivity index (χ2n) is 7.18. The van der Waals surface area contributed by atoms with Crippen LogP contribution in [0.4, 0.5) is 5.13 Å². The maximum absolute atomic E-state index is 12.8. The molecule has 0 radical (unpaired) electrons. The molecule has 0 fully saturated rings. The minimum atomic E-state index is -0.492. The van der Waals surface area contributed by atoms with E-state index < -0.39 is 5.25 Å². The molecule has 2 aromatic heterocycles. The van der Waals surface area contributed by atoms with Crippen LogP contribution in [0.2, 0.25) is 5.02 Å². The predicted molar refractivity (Wildman–Crippen MR) is 137 cm³/mol. The highest BCUT2D eigenvalue weighted by atomic mass is 35.5. The van der Waals surface area contributed by atoms with Crippen molar-refractivity contribution in [2.45, 2.75) is 17.2 Å². The number of hydrogen-bond donors (Lipinski definition) is 1. The molecule has 2 heterocycles. The Bertz CT molecular complexity index is 1350. The molecule has 0 bridgehead atoms. The lowest BCUT2D eigenvalue weighted by Crippen LogP contribution is -2.22. The number of carbonyl (C=O) groups excluding carboxylic acids is 1. The molecule has 6 nitrogen and oxygen atoms in total. The molecule has 0 saturated heterocycles. The van der Waals surface area contributed by atoms with Crippen molar-refractivity contribution in [3.05, 3.63) is 76.6 Å². The highest BCUT2D eigenvalue weighted by Gasteiger charge is 2.19. The van der Waals surface area contributed by atoms with Gasteiger partial charge in [-0.2, -0.15) is 5.26 Å². The number of amides is 1. The molecule has 0 aliphatic heterocycles. The molecule has 1 atom stereocenters. The van der Waals surface area contributed by atoms with E-state index in [-0.39, 0.29) is 5.91 Å². The molecular formula is C25H19ClN4O2S2. The highest BCUT2D eigenvalue weighted by molar-refractivity contribution is 8.00. The van der Waals surface area contributed by atoms with Crippen molar-refractivity contribution >= 4 is 45.7 Å². The molecule has 0 saturated carbocycles. The molecule has 0 spiro atoms. The lowest BCUT2D eigenvalue weighted by Gasteiger charge is -2.12. The van der Waals surface area contributed by atoms with Crippen molar-refractivity contribution < 1.29 is 9.53 Å². The monoisotopic (exact) mass is 506 g/mol. The molecule has 4 aromatic rings. The summed E-state index contributed by atoms with van der Waals surface area (Å²) in [5.74, 6) is 0.529. The maximum atomic E-state index is 12.8. The summed E-state index contributed by atoms with van der Waals surface area (Å²) in [5, 5.41) is 15.4. The molecule has 9 heteroatoms. The van der Waals surface area contributed by atoms with Crippen molar-refractivity contribution in [3.63, 3.8) is 0 Å². The van der Waals surface area contributed by atoms with Gasteiger partial charge in [0, 0.05) is 21.5 Å². The first-order valence-corrected chi connectivity index (χ1v) is 12.3. The van der Waals surface area contributed by atoms with Gasteiger partial charge in [-0.3, -0.25) is 4.79 Å². The fraction of sp³-hybridized carbons (Fsp3) is 0.120. The van der Waals surface area contributed by atoms with Crippen LogP contribution in [0.1, 0.15) is 12.5 Å². The fourth-order valence-corrected chi connectivity index (χ4v) is 4.79. The van der Waals surface area contributed by atoms with Crippen molar-refractivity contribution in [1.82, 2.24) is 9.97 Å². The third-order valence-electron chi connectivity index (χ3n) is 4.90. The van der Waals surface area contributed by atoms with Crippen molar-refractivity contribution in [2.75, 3.05) is 12.4 Å². The van der Waals surface area contributed by atoms with Gasteiger partial charge in [-0.25, -0.2) is 9.97 Å². The Morgan fingerprint density at radius 3 is 2.41 bits per heavy atom. The topological polar surface area (TPSA) is 87.9 Å². The second kappa shape index (κ2) is 10.7. The molecule has 0 aliphatic carbocycles. The van der Waals surface area contributed by atoms with Crippen molar-refractivity contribution in [3.8, 4) is 34.3 Å². The van der Waals surface area contributed by atoms with Gasteiger partial charge >= 0.3 is 0 Å². The number of carbonyl (C=O) groups is 1. The van der Waals surface area contributed by atoms with Crippen LogP contribution in [0.15, 0.2) is 71.1 Å². The van der Waals surface area contributed by atoms with E-state index in [0.29, 0.717) is 26.4 Å². The molecule has 170 valence electrons. The normalized spacial score (nSPS) is 11.5. The largest absolute Gasteiger partial charge is 0.497 e. The number of anilines is 1. The lowest BCUT2D eigenvalue weighted by atomic mass is 10.1. The number of aromatic nitrogens is 2. The number of benzene rings is 2. The summed E-state index contributed by atoms with van der Waals surface area (Å²) < 4.78 is 5.20. The first-order chi connectivity index (χ1) is 16.5. The van der Waals surface area contributed by atoms with E-state index in [9.17, 15) is 10.1 Å². The van der Waals surface area contributed by atoms with Crippen LogP contribution >= 0.6 is 34.7 Å². The number of methoxy groups -OCH3 is 1. The summed E-state index contributed by atoms with van der Waals surface area (Å²) in [6.07, 6.45) is 0. The second-order valence-corrected chi connectivity index (χ2v) is 9.81. The van der Waals surface area contributed by atoms with Crippen molar-refractivity contribution in [2.24, 2.45) is 0 Å². The molecule has 1 unspecified atom stereocenters. The SMILES string of the molecule is COc1ccc(-c2ccc(C#N)c(SC(C)C(=O)Nc3nc(-c4ccc(Cl)cc4)cs3)n2)cc1. The number of hydrogen-bond acceptors (Lipinski definition) is 7. The number of rotatable bonds is 7. The Hall–Kier alpha value is -3.38.